The second kappa shape index (κ2) is 4.70. The zero-order chi connectivity index (χ0) is 11.4. The standard InChI is InChI=1S/C11H14N2O2/c1-3-13(12)11(15)10(14)9-7-5-4-6-8(9)2/h4-7H,3,12H2,1-2H3. The van der Waals surface area contributed by atoms with Gasteiger partial charge in [-0.3, -0.25) is 14.6 Å². The number of ketones is 1. The molecule has 15 heavy (non-hydrogen) atoms. The van der Waals surface area contributed by atoms with Gasteiger partial charge in [-0.25, -0.2) is 5.84 Å². The van der Waals surface area contributed by atoms with Crippen LogP contribution in [-0.2, 0) is 4.79 Å². The predicted molar refractivity (Wildman–Crippen MR) is 57.1 cm³/mol. The van der Waals surface area contributed by atoms with E-state index in [0.717, 1.165) is 10.6 Å². The van der Waals surface area contributed by atoms with E-state index in [2.05, 4.69) is 0 Å². The molecule has 0 aliphatic heterocycles. The number of carbonyl (C=O) groups excluding carboxylic acids is 2. The van der Waals surface area contributed by atoms with E-state index in [-0.39, 0.29) is 0 Å². The van der Waals surface area contributed by atoms with Crippen LogP contribution in [0.1, 0.15) is 22.8 Å². The lowest BCUT2D eigenvalue weighted by atomic mass is 10.0. The predicted octanol–water partition coefficient (Wildman–Crippen LogP) is 0.900. The van der Waals surface area contributed by atoms with Gasteiger partial charge in [0.2, 0.25) is 0 Å². The Balaban J connectivity index is 2.96. The summed E-state index contributed by atoms with van der Waals surface area (Å²) < 4.78 is 0. The van der Waals surface area contributed by atoms with Crippen molar-refractivity contribution in [3.63, 3.8) is 0 Å². The van der Waals surface area contributed by atoms with Crippen molar-refractivity contribution < 1.29 is 9.59 Å². The molecule has 0 atom stereocenters. The molecule has 0 unspecified atom stereocenters. The minimum atomic E-state index is -0.674. The summed E-state index contributed by atoms with van der Waals surface area (Å²) in [6.07, 6.45) is 0. The lowest BCUT2D eigenvalue weighted by Crippen LogP contribution is -2.41. The van der Waals surface area contributed by atoms with Gasteiger partial charge in [0.15, 0.2) is 0 Å². The van der Waals surface area contributed by atoms with E-state index in [1.54, 1.807) is 32.0 Å². The number of nitrogens with two attached hydrogens (primary N) is 1. The summed E-state index contributed by atoms with van der Waals surface area (Å²) in [5, 5.41) is 0.911. The molecule has 4 nitrogen and oxygen atoms in total. The van der Waals surface area contributed by atoms with E-state index in [9.17, 15) is 9.59 Å². The summed E-state index contributed by atoms with van der Waals surface area (Å²) in [6.45, 7) is 3.81. The Kier molecular flexibility index (Phi) is 3.57. The summed E-state index contributed by atoms with van der Waals surface area (Å²) in [5.41, 5.74) is 1.19. The van der Waals surface area contributed by atoms with Crippen LogP contribution in [-0.4, -0.2) is 23.2 Å². The Hall–Kier alpha value is -1.68. The molecule has 0 heterocycles. The number of Topliss-reactive ketones (excluding diaryl/α,β-unsaturated/α-hetero) is 1. The maximum absolute atomic E-state index is 11.7. The van der Waals surface area contributed by atoms with Crippen LogP contribution in [0.15, 0.2) is 24.3 Å². The Labute approximate surface area is 88.6 Å². The molecule has 0 aliphatic rings. The first-order valence-electron chi connectivity index (χ1n) is 4.74. The van der Waals surface area contributed by atoms with Gasteiger partial charge in [0.05, 0.1) is 0 Å². The molecule has 80 valence electrons. The highest BCUT2D eigenvalue weighted by Crippen LogP contribution is 2.08. The van der Waals surface area contributed by atoms with Crippen molar-refractivity contribution in [2.45, 2.75) is 13.8 Å². The number of rotatable bonds is 3. The first kappa shape index (κ1) is 11.4. The number of amides is 1. The maximum Gasteiger partial charge on any atom is 0.308 e. The topological polar surface area (TPSA) is 63.4 Å². The average molecular weight is 206 g/mol. The highest BCUT2D eigenvalue weighted by Gasteiger charge is 2.20. The van der Waals surface area contributed by atoms with Crippen LogP contribution < -0.4 is 5.84 Å². The first-order valence-corrected chi connectivity index (χ1v) is 4.74. The molecule has 1 aromatic rings. The van der Waals surface area contributed by atoms with E-state index in [1.807, 2.05) is 6.07 Å². The maximum atomic E-state index is 11.7. The Bertz CT molecular complexity index is 388. The molecule has 0 saturated carbocycles. The molecular weight excluding hydrogens is 192 g/mol. The van der Waals surface area contributed by atoms with Crippen LogP contribution in [0.2, 0.25) is 0 Å². The summed E-state index contributed by atoms with van der Waals surface area (Å²) in [4.78, 5) is 23.2. The number of likely N-dealkylation sites (N-methyl/N-ethyl adjacent to an activating group) is 1. The van der Waals surface area contributed by atoms with E-state index in [0.29, 0.717) is 12.1 Å². The molecule has 0 aliphatic carbocycles. The fourth-order valence-corrected chi connectivity index (χ4v) is 1.22. The minimum Gasteiger partial charge on any atom is -0.283 e. The molecule has 0 fully saturated rings. The van der Waals surface area contributed by atoms with Crippen LogP contribution in [0.5, 0.6) is 0 Å². The number of carbonyl (C=O) groups is 2. The van der Waals surface area contributed by atoms with Crippen molar-refractivity contribution >= 4 is 11.7 Å². The Morgan fingerprint density at radius 2 is 1.93 bits per heavy atom. The van der Waals surface area contributed by atoms with Gasteiger partial charge in [0.1, 0.15) is 0 Å². The molecule has 4 heteroatoms. The molecule has 0 radical (unpaired) electrons. The molecular formula is C11H14N2O2. The monoisotopic (exact) mass is 206 g/mol. The molecule has 0 spiro atoms. The third-order valence-electron chi connectivity index (χ3n) is 2.19. The summed E-state index contributed by atoms with van der Waals surface area (Å²) in [7, 11) is 0. The number of hydrazine groups is 1. The Morgan fingerprint density at radius 3 is 2.47 bits per heavy atom. The van der Waals surface area contributed by atoms with Crippen LogP contribution in [0.3, 0.4) is 0 Å². The number of benzene rings is 1. The lowest BCUT2D eigenvalue weighted by Gasteiger charge is -2.13. The molecule has 0 bridgehead atoms. The smallest absolute Gasteiger partial charge is 0.283 e. The van der Waals surface area contributed by atoms with Crippen LogP contribution in [0, 0.1) is 6.92 Å². The third-order valence-corrected chi connectivity index (χ3v) is 2.19. The summed E-state index contributed by atoms with van der Waals surface area (Å²) >= 11 is 0. The molecule has 0 saturated heterocycles. The molecule has 1 amide bonds. The van der Waals surface area contributed by atoms with Crippen molar-refractivity contribution in [2.75, 3.05) is 6.54 Å². The van der Waals surface area contributed by atoms with Gasteiger partial charge in [0.25, 0.3) is 5.78 Å². The van der Waals surface area contributed by atoms with Crippen molar-refractivity contribution in [1.29, 1.82) is 0 Å². The van der Waals surface area contributed by atoms with E-state index in [4.69, 9.17) is 5.84 Å². The normalized spacial score (nSPS) is 9.80. The number of nitrogens with zero attached hydrogens (tertiary/aromatic N) is 1. The summed E-state index contributed by atoms with van der Waals surface area (Å²) in [6, 6.07) is 6.95. The van der Waals surface area contributed by atoms with Crippen molar-refractivity contribution in [1.82, 2.24) is 5.01 Å². The van der Waals surface area contributed by atoms with Crippen molar-refractivity contribution in [2.24, 2.45) is 5.84 Å². The average Bonchev–Trinajstić information content (AvgIpc) is 2.26. The van der Waals surface area contributed by atoms with Crippen LogP contribution in [0.25, 0.3) is 0 Å². The molecule has 0 aromatic heterocycles. The Morgan fingerprint density at radius 1 is 1.33 bits per heavy atom. The molecule has 1 aromatic carbocycles. The quantitative estimate of drug-likeness (QED) is 0.263. The van der Waals surface area contributed by atoms with Gasteiger partial charge >= 0.3 is 5.91 Å². The minimum absolute atomic E-state index is 0.316. The SMILES string of the molecule is CCN(N)C(=O)C(=O)c1ccccc1C. The second-order valence-corrected chi connectivity index (χ2v) is 3.24. The second-order valence-electron chi connectivity index (χ2n) is 3.24. The molecule has 2 N–H and O–H groups in total. The first-order chi connectivity index (χ1) is 7.07. The van der Waals surface area contributed by atoms with E-state index in [1.165, 1.54) is 0 Å². The van der Waals surface area contributed by atoms with Gasteiger partial charge in [-0.05, 0) is 19.4 Å². The van der Waals surface area contributed by atoms with E-state index >= 15 is 0 Å². The largest absolute Gasteiger partial charge is 0.308 e. The van der Waals surface area contributed by atoms with Gasteiger partial charge in [0, 0.05) is 12.1 Å². The van der Waals surface area contributed by atoms with Crippen LogP contribution >= 0.6 is 0 Å². The van der Waals surface area contributed by atoms with Gasteiger partial charge in [-0.2, -0.15) is 0 Å². The van der Waals surface area contributed by atoms with Gasteiger partial charge in [-0.1, -0.05) is 24.3 Å². The highest BCUT2D eigenvalue weighted by atomic mass is 16.2. The van der Waals surface area contributed by atoms with Crippen LogP contribution in [0.4, 0.5) is 0 Å². The third kappa shape index (κ3) is 2.41. The van der Waals surface area contributed by atoms with Crippen molar-refractivity contribution in [3.05, 3.63) is 35.4 Å². The zero-order valence-corrected chi connectivity index (χ0v) is 8.86. The zero-order valence-electron chi connectivity index (χ0n) is 8.86. The van der Waals surface area contributed by atoms with Gasteiger partial charge < -0.3 is 0 Å². The fourth-order valence-electron chi connectivity index (χ4n) is 1.22. The van der Waals surface area contributed by atoms with E-state index < -0.39 is 11.7 Å². The number of aryl methyl sites for hydroxylation is 1. The van der Waals surface area contributed by atoms with Crippen molar-refractivity contribution in [3.8, 4) is 0 Å². The number of hydrogen-bond donors (Lipinski definition) is 1. The fraction of sp³-hybridized carbons (Fsp3) is 0.273. The molecule has 1 rings (SSSR count). The lowest BCUT2D eigenvalue weighted by molar-refractivity contribution is -0.126. The number of hydrogen-bond acceptors (Lipinski definition) is 3. The summed E-state index contributed by atoms with van der Waals surface area (Å²) in [5.74, 6) is 4.14. The van der Waals surface area contributed by atoms with Gasteiger partial charge in [-0.15, -0.1) is 0 Å². The highest BCUT2D eigenvalue weighted by molar-refractivity contribution is 6.42.